The summed E-state index contributed by atoms with van der Waals surface area (Å²) in [6.45, 7) is 2.17. The molecule has 0 aliphatic carbocycles. The number of carbonyl (C=O) groups is 1. The molecule has 1 rings (SSSR count). The summed E-state index contributed by atoms with van der Waals surface area (Å²) in [4.78, 5) is 12.2. The van der Waals surface area contributed by atoms with E-state index < -0.39 is 9.96 Å². The highest BCUT2D eigenvalue weighted by Gasteiger charge is 2.34. The van der Waals surface area contributed by atoms with E-state index in [1.807, 2.05) is 0 Å². The first-order valence-electron chi connectivity index (χ1n) is 8.91. The molecule has 0 aromatic heterocycles. The molecule has 0 radical (unpaired) electrons. The maximum Gasteiger partial charge on any atom is 0.228 e. The van der Waals surface area contributed by atoms with E-state index in [2.05, 4.69) is 22.9 Å². The summed E-state index contributed by atoms with van der Waals surface area (Å²) in [7, 11) is 0. The molecule has 0 saturated carbocycles. The van der Waals surface area contributed by atoms with E-state index in [0.717, 1.165) is 24.9 Å². The van der Waals surface area contributed by atoms with Crippen molar-refractivity contribution in [3.8, 4) is 0 Å². The van der Waals surface area contributed by atoms with Gasteiger partial charge in [-0.25, -0.2) is 0 Å². The summed E-state index contributed by atoms with van der Waals surface area (Å²) < 4.78 is -1.76. The smallest absolute Gasteiger partial charge is 0.228 e. The van der Waals surface area contributed by atoms with Gasteiger partial charge >= 0.3 is 0 Å². The standard InChI is InChI=1S/C18H25Cl4N3OS/c1-2-3-4-5-6-7-8-15(26)24-16(18(20,21)22)25-17(27)23-14-11-9-13(19)10-12-14/h9-12,16H,2-8H2,1H3,(H,24,26)(H2,23,25,27)/t16-/m1/s1. The summed E-state index contributed by atoms with van der Waals surface area (Å²) in [5.41, 5.74) is 0.721. The Morgan fingerprint density at radius 2 is 1.63 bits per heavy atom. The molecule has 0 spiro atoms. The number of halogens is 4. The number of hydrogen-bond acceptors (Lipinski definition) is 2. The molecule has 1 aromatic carbocycles. The minimum atomic E-state index is -1.76. The monoisotopic (exact) mass is 471 g/mol. The highest BCUT2D eigenvalue weighted by Crippen LogP contribution is 2.29. The van der Waals surface area contributed by atoms with Gasteiger partial charge in [0.15, 0.2) is 5.11 Å². The van der Waals surface area contributed by atoms with E-state index >= 15 is 0 Å². The number of thiocarbonyl (C=S) groups is 1. The minimum absolute atomic E-state index is 0.191. The van der Waals surface area contributed by atoms with Crippen LogP contribution in [0.1, 0.15) is 51.9 Å². The molecule has 9 heteroatoms. The molecule has 0 unspecified atom stereocenters. The topological polar surface area (TPSA) is 53.2 Å². The number of amides is 1. The predicted octanol–water partition coefficient (Wildman–Crippen LogP) is 6.19. The number of alkyl halides is 3. The number of rotatable bonds is 10. The van der Waals surface area contributed by atoms with E-state index in [1.54, 1.807) is 24.3 Å². The molecule has 1 amide bonds. The Bertz CT molecular complexity index is 593. The van der Waals surface area contributed by atoms with Crippen molar-refractivity contribution in [3.05, 3.63) is 29.3 Å². The lowest BCUT2D eigenvalue weighted by Gasteiger charge is -2.27. The first-order valence-corrected chi connectivity index (χ1v) is 10.8. The van der Waals surface area contributed by atoms with Crippen LogP contribution in [0.15, 0.2) is 24.3 Å². The second-order valence-corrected chi connectivity index (χ2v) is 9.38. The summed E-state index contributed by atoms with van der Waals surface area (Å²) in [6.07, 6.45) is 5.98. The molecule has 0 fully saturated rings. The molecular formula is C18H25Cl4N3OS. The first-order chi connectivity index (χ1) is 12.7. The molecule has 3 N–H and O–H groups in total. The van der Waals surface area contributed by atoms with Crippen LogP contribution in [-0.2, 0) is 4.79 Å². The maximum absolute atomic E-state index is 12.2. The number of hydrogen-bond donors (Lipinski definition) is 3. The fraction of sp³-hybridized carbons (Fsp3) is 0.556. The summed E-state index contributed by atoms with van der Waals surface area (Å²) in [6, 6.07) is 6.97. The van der Waals surface area contributed by atoms with Crippen molar-refractivity contribution in [2.45, 2.75) is 61.8 Å². The van der Waals surface area contributed by atoms with Crippen LogP contribution in [0.2, 0.25) is 5.02 Å². The molecular weight excluding hydrogens is 448 g/mol. The van der Waals surface area contributed by atoms with E-state index in [4.69, 9.17) is 58.6 Å². The van der Waals surface area contributed by atoms with Crippen molar-refractivity contribution in [1.82, 2.24) is 10.6 Å². The molecule has 0 saturated heterocycles. The normalized spacial score (nSPS) is 12.3. The summed E-state index contributed by atoms with van der Waals surface area (Å²) >= 11 is 29.0. The van der Waals surface area contributed by atoms with E-state index in [9.17, 15) is 4.79 Å². The van der Waals surface area contributed by atoms with Crippen LogP contribution in [0.4, 0.5) is 5.69 Å². The van der Waals surface area contributed by atoms with Crippen LogP contribution < -0.4 is 16.0 Å². The van der Waals surface area contributed by atoms with Gasteiger partial charge in [0, 0.05) is 17.1 Å². The van der Waals surface area contributed by atoms with E-state index in [0.29, 0.717) is 11.4 Å². The lowest BCUT2D eigenvalue weighted by Crippen LogP contribution is -2.56. The van der Waals surface area contributed by atoms with Gasteiger partial charge in [0.2, 0.25) is 9.70 Å². The predicted molar refractivity (Wildman–Crippen MR) is 121 cm³/mol. The second kappa shape index (κ2) is 12.9. The highest BCUT2D eigenvalue weighted by atomic mass is 35.6. The van der Waals surface area contributed by atoms with Crippen molar-refractivity contribution in [1.29, 1.82) is 0 Å². The number of carbonyl (C=O) groups excluding carboxylic acids is 1. The minimum Gasteiger partial charge on any atom is -0.339 e. The molecule has 0 aliphatic heterocycles. The third-order valence-corrected chi connectivity index (χ3v) is 4.89. The van der Waals surface area contributed by atoms with Crippen LogP contribution in [0.3, 0.4) is 0 Å². The SMILES string of the molecule is CCCCCCCCC(=O)N[C@H](NC(=S)Nc1ccc(Cl)cc1)C(Cl)(Cl)Cl. The van der Waals surface area contributed by atoms with E-state index in [1.165, 1.54) is 19.3 Å². The summed E-state index contributed by atoms with van der Waals surface area (Å²) in [5, 5.41) is 9.30. The van der Waals surface area contributed by atoms with Crippen molar-refractivity contribution >= 4 is 75.3 Å². The Balaban J connectivity index is 2.46. The Labute approximate surface area is 186 Å². The van der Waals surface area contributed by atoms with Gasteiger partial charge in [0.25, 0.3) is 0 Å². The number of benzene rings is 1. The highest BCUT2D eigenvalue weighted by molar-refractivity contribution is 7.80. The largest absolute Gasteiger partial charge is 0.339 e. The van der Waals surface area contributed by atoms with Gasteiger partial charge in [-0.3, -0.25) is 4.79 Å². The molecule has 27 heavy (non-hydrogen) atoms. The zero-order chi connectivity index (χ0) is 20.3. The summed E-state index contributed by atoms with van der Waals surface area (Å²) in [5.74, 6) is -0.191. The molecule has 0 aliphatic rings. The van der Waals surface area contributed by atoms with Gasteiger partial charge in [0.05, 0.1) is 0 Å². The Morgan fingerprint density at radius 3 is 2.22 bits per heavy atom. The van der Waals surface area contributed by atoms with E-state index in [-0.39, 0.29) is 11.0 Å². The van der Waals surface area contributed by atoms with Crippen molar-refractivity contribution < 1.29 is 4.79 Å². The lowest BCUT2D eigenvalue weighted by atomic mass is 10.1. The van der Waals surface area contributed by atoms with Gasteiger partial charge < -0.3 is 16.0 Å². The fourth-order valence-electron chi connectivity index (χ4n) is 2.33. The van der Waals surface area contributed by atoms with Crippen LogP contribution in [0.5, 0.6) is 0 Å². The van der Waals surface area contributed by atoms with Crippen molar-refractivity contribution in [3.63, 3.8) is 0 Å². The van der Waals surface area contributed by atoms with Crippen LogP contribution in [0.25, 0.3) is 0 Å². The number of anilines is 1. The Hall–Kier alpha value is -0.460. The second-order valence-electron chi connectivity index (χ2n) is 6.17. The quantitative estimate of drug-likeness (QED) is 0.164. The lowest BCUT2D eigenvalue weighted by molar-refractivity contribution is -0.122. The third kappa shape index (κ3) is 11.2. The molecule has 0 bridgehead atoms. The molecule has 4 nitrogen and oxygen atoms in total. The average molecular weight is 473 g/mol. The fourth-order valence-corrected chi connectivity index (χ4v) is 3.02. The first kappa shape index (κ1) is 24.6. The maximum atomic E-state index is 12.2. The average Bonchev–Trinajstić information content (AvgIpc) is 2.58. The van der Waals surface area contributed by atoms with Crippen LogP contribution >= 0.6 is 58.6 Å². The van der Waals surface area contributed by atoms with Crippen LogP contribution in [0, 0.1) is 0 Å². The van der Waals surface area contributed by atoms with Gasteiger partial charge in [0.1, 0.15) is 6.17 Å². The number of unbranched alkanes of at least 4 members (excludes halogenated alkanes) is 5. The van der Waals surface area contributed by atoms with Crippen LogP contribution in [-0.4, -0.2) is 21.0 Å². The zero-order valence-corrected chi connectivity index (χ0v) is 19.0. The van der Waals surface area contributed by atoms with Gasteiger partial charge in [-0.15, -0.1) is 0 Å². The third-order valence-electron chi connectivity index (χ3n) is 3.77. The Kier molecular flexibility index (Phi) is 11.7. The molecule has 152 valence electrons. The molecule has 1 atom stereocenters. The molecule has 1 aromatic rings. The Morgan fingerprint density at radius 1 is 1.04 bits per heavy atom. The van der Waals surface area contributed by atoms with Crippen molar-refractivity contribution in [2.24, 2.45) is 0 Å². The zero-order valence-electron chi connectivity index (χ0n) is 15.2. The number of nitrogens with one attached hydrogen (secondary N) is 3. The molecule has 0 heterocycles. The van der Waals surface area contributed by atoms with Gasteiger partial charge in [-0.1, -0.05) is 85.4 Å². The van der Waals surface area contributed by atoms with Gasteiger partial charge in [-0.05, 0) is 42.9 Å². The van der Waals surface area contributed by atoms with Gasteiger partial charge in [-0.2, -0.15) is 0 Å². The van der Waals surface area contributed by atoms with Crippen molar-refractivity contribution in [2.75, 3.05) is 5.32 Å².